The fourth-order valence-corrected chi connectivity index (χ4v) is 1.20. The number of nitrogens with one attached hydrogen (secondary N) is 1. The molecular weight excluding hydrogens is 206 g/mol. The summed E-state index contributed by atoms with van der Waals surface area (Å²) >= 11 is 0. The van der Waals surface area contributed by atoms with Gasteiger partial charge in [0.2, 0.25) is 5.88 Å². The van der Waals surface area contributed by atoms with Gasteiger partial charge in [0, 0.05) is 18.5 Å². The molecule has 5 nitrogen and oxygen atoms in total. The molecule has 0 aliphatic heterocycles. The van der Waals surface area contributed by atoms with Crippen LogP contribution in [0.4, 0.5) is 5.69 Å². The highest BCUT2D eigenvalue weighted by atomic mass is 16.5. The highest BCUT2D eigenvalue weighted by molar-refractivity contribution is 5.50. The molecule has 0 spiro atoms. The van der Waals surface area contributed by atoms with Gasteiger partial charge in [-0.15, -0.1) is 0 Å². The zero-order valence-electron chi connectivity index (χ0n) is 8.68. The molecule has 1 radical (unpaired) electrons. The van der Waals surface area contributed by atoms with Gasteiger partial charge in [0.25, 0.3) is 0 Å². The van der Waals surface area contributed by atoms with Crippen LogP contribution in [0.25, 0.3) is 0 Å². The minimum absolute atomic E-state index is 0.364. The van der Waals surface area contributed by atoms with Crippen molar-refractivity contribution in [2.75, 3.05) is 7.11 Å². The Morgan fingerprint density at radius 3 is 2.75 bits per heavy atom. The molecule has 0 unspecified atom stereocenters. The number of methoxy groups -OCH3 is 1. The van der Waals surface area contributed by atoms with E-state index in [1.54, 1.807) is 30.6 Å². The summed E-state index contributed by atoms with van der Waals surface area (Å²) in [4.78, 5) is 7.87. The standard InChI is InChI=1S/C11H10N3O2/c1-15-10-6-8(12)2-3-9(10)16-11-7-13-4-5-14-11/h2-7,12H,1H3. The smallest absolute Gasteiger partial charge is 0.238 e. The van der Waals surface area contributed by atoms with Crippen molar-refractivity contribution in [3.05, 3.63) is 36.8 Å². The minimum atomic E-state index is 0.364. The molecule has 1 aromatic carbocycles. The van der Waals surface area contributed by atoms with Crippen LogP contribution in [0.2, 0.25) is 0 Å². The zero-order chi connectivity index (χ0) is 11.4. The Balaban J connectivity index is 2.28. The molecule has 0 aliphatic rings. The lowest BCUT2D eigenvalue weighted by Crippen LogP contribution is -1.92. The van der Waals surface area contributed by atoms with Crippen LogP contribution < -0.4 is 15.2 Å². The average molecular weight is 216 g/mol. The van der Waals surface area contributed by atoms with Crippen LogP contribution in [0.5, 0.6) is 17.4 Å². The molecule has 0 saturated heterocycles. The van der Waals surface area contributed by atoms with E-state index < -0.39 is 0 Å². The number of nitrogens with zero attached hydrogens (tertiary/aromatic N) is 2. The molecule has 0 atom stereocenters. The Morgan fingerprint density at radius 1 is 1.19 bits per heavy atom. The quantitative estimate of drug-likeness (QED) is 0.788. The van der Waals surface area contributed by atoms with E-state index in [-0.39, 0.29) is 0 Å². The SMILES string of the molecule is COc1cc([NH])ccc1Oc1cnccn1. The zero-order valence-corrected chi connectivity index (χ0v) is 8.68. The van der Waals surface area contributed by atoms with Crippen LogP contribution in [0.1, 0.15) is 0 Å². The van der Waals surface area contributed by atoms with Gasteiger partial charge in [-0.2, -0.15) is 0 Å². The number of hydrogen-bond acceptors (Lipinski definition) is 4. The van der Waals surface area contributed by atoms with Crippen LogP contribution >= 0.6 is 0 Å². The molecule has 2 rings (SSSR count). The first-order valence-corrected chi connectivity index (χ1v) is 4.63. The summed E-state index contributed by atoms with van der Waals surface area (Å²) in [6.07, 6.45) is 4.62. The van der Waals surface area contributed by atoms with Gasteiger partial charge in [0.1, 0.15) is 0 Å². The molecular formula is C11H10N3O2. The monoisotopic (exact) mass is 216 g/mol. The molecule has 0 amide bonds. The van der Waals surface area contributed by atoms with Gasteiger partial charge in [0.05, 0.1) is 19.0 Å². The molecule has 2 aromatic rings. The number of rotatable bonds is 3. The lowest BCUT2D eigenvalue weighted by atomic mass is 10.3. The van der Waals surface area contributed by atoms with Crippen LogP contribution in [0.3, 0.4) is 0 Å². The van der Waals surface area contributed by atoms with Crippen molar-refractivity contribution in [1.82, 2.24) is 15.7 Å². The first-order valence-electron chi connectivity index (χ1n) is 4.63. The maximum absolute atomic E-state index is 7.45. The summed E-state index contributed by atoms with van der Waals surface area (Å²) in [5, 5.41) is 0. The van der Waals surface area contributed by atoms with Crippen LogP contribution in [-0.4, -0.2) is 17.1 Å². The Hall–Kier alpha value is -2.30. The number of hydrogen-bond donors (Lipinski definition) is 0. The second kappa shape index (κ2) is 4.48. The lowest BCUT2D eigenvalue weighted by Gasteiger charge is -2.09. The van der Waals surface area contributed by atoms with Gasteiger partial charge in [0.15, 0.2) is 11.5 Å². The topological polar surface area (TPSA) is 68.0 Å². The minimum Gasteiger partial charge on any atom is -0.493 e. The van der Waals surface area contributed by atoms with Crippen LogP contribution in [0.15, 0.2) is 36.8 Å². The largest absolute Gasteiger partial charge is 0.493 e. The number of ether oxygens (including phenoxy) is 2. The fourth-order valence-electron chi connectivity index (χ4n) is 1.20. The van der Waals surface area contributed by atoms with Gasteiger partial charge in [-0.1, -0.05) is 0 Å². The summed E-state index contributed by atoms with van der Waals surface area (Å²) < 4.78 is 10.6. The maximum Gasteiger partial charge on any atom is 0.238 e. The van der Waals surface area contributed by atoms with E-state index in [0.29, 0.717) is 23.1 Å². The molecule has 0 fully saturated rings. The van der Waals surface area contributed by atoms with E-state index >= 15 is 0 Å². The van der Waals surface area contributed by atoms with E-state index in [1.165, 1.54) is 13.3 Å². The summed E-state index contributed by atoms with van der Waals surface area (Å²) in [5.74, 6) is 1.40. The Bertz CT molecular complexity index is 474. The molecule has 1 heterocycles. The Kier molecular flexibility index (Phi) is 2.86. The normalized spacial score (nSPS) is 9.81. The van der Waals surface area contributed by atoms with E-state index in [0.717, 1.165) is 0 Å². The summed E-state index contributed by atoms with van der Waals surface area (Å²) in [6.45, 7) is 0. The predicted octanol–water partition coefficient (Wildman–Crippen LogP) is 2.19. The van der Waals surface area contributed by atoms with Crippen LogP contribution in [0, 0.1) is 0 Å². The van der Waals surface area contributed by atoms with E-state index in [4.69, 9.17) is 15.2 Å². The second-order valence-corrected chi connectivity index (χ2v) is 3.01. The van der Waals surface area contributed by atoms with Gasteiger partial charge >= 0.3 is 0 Å². The van der Waals surface area contributed by atoms with Crippen molar-refractivity contribution in [3.8, 4) is 17.4 Å². The molecule has 0 saturated carbocycles. The molecule has 81 valence electrons. The van der Waals surface area contributed by atoms with Gasteiger partial charge in [-0.25, -0.2) is 4.98 Å². The first kappa shape index (κ1) is 10.2. The van der Waals surface area contributed by atoms with Crippen molar-refractivity contribution >= 4 is 5.69 Å². The fraction of sp³-hybridized carbons (Fsp3) is 0.0909. The van der Waals surface area contributed by atoms with Crippen molar-refractivity contribution in [3.63, 3.8) is 0 Å². The molecule has 16 heavy (non-hydrogen) atoms. The number of benzene rings is 1. The van der Waals surface area contributed by atoms with E-state index in [2.05, 4.69) is 9.97 Å². The second-order valence-electron chi connectivity index (χ2n) is 3.01. The van der Waals surface area contributed by atoms with Gasteiger partial charge < -0.3 is 15.2 Å². The van der Waals surface area contributed by atoms with Crippen molar-refractivity contribution < 1.29 is 9.47 Å². The Labute approximate surface area is 92.9 Å². The summed E-state index contributed by atoms with van der Waals surface area (Å²) in [7, 11) is 1.53. The first-order chi connectivity index (χ1) is 7.79. The highest BCUT2D eigenvalue weighted by Crippen LogP contribution is 2.32. The maximum atomic E-state index is 7.45. The molecule has 1 N–H and O–H groups in total. The molecule has 1 aromatic heterocycles. The molecule has 5 heteroatoms. The van der Waals surface area contributed by atoms with E-state index in [1.807, 2.05) is 0 Å². The predicted molar refractivity (Wildman–Crippen MR) is 57.9 cm³/mol. The van der Waals surface area contributed by atoms with Crippen LogP contribution in [-0.2, 0) is 0 Å². The third-order valence-electron chi connectivity index (χ3n) is 1.92. The number of aromatic nitrogens is 2. The third kappa shape index (κ3) is 2.20. The summed E-state index contributed by atoms with van der Waals surface area (Å²) in [5.41, 5.74) is 7.82. The van der Waals surface area contributed by atoms with Gasteiger partial charge in [-0.05, 0) is 12.1 Å². The Morgan fingerprint density at radius 2 is 2.06 bits per heavy atom. The summed E-state index contributed by atoms with van der Waals surface area (Å²) in [6, 6.07) is 4.86. The third-order valence-corrected chi connectivity index (χ3v) is 1.92. The highest BCUT2D eigenvalue weighted by Gasteiger charge is 2.06. The van der Waals surface area contributed by atoms with Crippen molar-refractivity contribution in [1.29, 1.82) is 0 Å². The lowest BCUT2D eigenvalue weighted by molar-refractivity contribution is 0.373. The average Bonchev–Trinajstić information content (AvgIpc) is 2.33. The van der Waals surface area contributed by atoms with E-state index in [9.17, 15) is 0 Å². The van der Waals surface area contributed by atoms with Crippen molar-refractivity contribution in [2.45, 2.75) is 0 Å². The van der Waals surface area contributed by atoms with Crippen molar-refractivity contribution in [2.24, 2.45) is 0 Å². The molecule has 0 aliphatic carbocycles. The molecule has 0 bridgehead atoms. The van der Waals surface area contributed by atoms with Gasteiger partial charge in [-0.3, -0.25) is 4.98 Å².